The van der Waals surface area contributed by atoms with Crippen molar-refractivity contribution in [2.45, 2.75) is 38.5 Å². The molecule has 0 heterocycles. The first-order valence-corrected chi connectivity index (χ1v) is 10.1. The minimum atomic E-state index is 0.154. The fraction of sp³-hybridized carbons (Fsp3) is 0.409. The molecule has 0 unspecified atom stereocenters. The zero-order chi connectivity index (χ0) is 20.4. The van der Waals surface area contributed by atoms with Gasteiger partial charge in [-0.3, -0.25) is 4.79 Å². The molecule has 5 nitrogen and oxygen atoms in total. The van der Waals surface area contributed by atoms with Crippen LogP contribution in [0.15, 0.2) is 40.9 Å². The average molecular weight is 451 g/mol. The maximum Gasteiger partial charge on any atom is 0.188 e. The van der Waals surface area contributed by atoms with Crippen LogP contribution < -0.4 is 9.47 Å². The van der Waals surface area contributed by atoms with Crippen molar-refractivity contribution in [1.82, 2.24) is 0 Å². The van der Waals surface area contributed by atoms with E-state index in [1.807, 2.05) is 24.3 Å². The Kier molecular flexibility index (Phi) is 9.31. The summed E-state index contributed by atoms with van der Waals surface area (Å²) in [6.45, 7) is 0.201. The topological polar surface area (TPSA) is 65.0 Å². The van der Waals surface area contributed by atoms with E-state index in [1.54, 1.807) is 19.2 Å². The fourth-order valence-corrected chi connectivity index (χ4v) is 3.43. The highest BCUT2D eigenvalue weighted by Crippen LogP contribution is 2.28. The molecule has 0 aliphatic carbocycles. The molecule has 2 rings (SSSR count). The average Bonchev–Trinajstić information content (AvgIpc) is 2.69. The zero-order valence-corrected chi connectivity index (χ0v) is 18.0. The SMILES string of the molecule is COCOc1ccc(CCC(=O)CCCCc2ccc(OC)c(O)c2)cc1Br. The number of aromatic hydroxyl groups is 1. The van der Waals surface area contributed by atoms with E-state index in [9.17, 15) is 9.90 Å². The number of ether oxygens (including phenoxy) is 3. The van der Waals surface area contributed by atoms with Gasteiger partial charge in [-0.15, -0.1) is 0 Å². The van der Waals surface area contributed by atoms with Gasteiger partial charge in [-0.05, 0) is 77.0 Å². The van der Waals surface area contributed by atoms with E-state index >= 15 is 0 Å². The van der Waals surface area contributed by atoms with E-state index in [4.69, 9.17) is 14.2 Å². The van der Waals surface area contributed by atoms with Crippen LogP contribution in [-0.2, 0) is 22.4 Å². The molecule has 0 spiro atoms. The van der Waals surface area contributed by atoms with E-state index in [0.717, 1.165) is 40.6 Å². The first-order valence-electron chi connectivity index (χ1n) is 9.31. The molecule has 0 fully saturated rings. The molecule has 0 radical (unpaired) electrons. The molecular formula is C22H27BrO5. The van der Waals surface area contributed by atoms with Crippen molar-refractivity contribution in [3.8, 4) is 17.2 Å². The summed E-state index contributed by atoms with van der Waals surface area (Å²) in [4.78, 5) is 12.1. The number of aryl methyl sites for hydroxylation is 2. The van der Waals surface area contributed by atoms with Gasteiger partial charge in [0, 0.05) is 20.0 Å². The van der Waals surface area contributed by atoms with Gasteiger partial charge in [0.25, 0.3) is 0 Å². The number of ketones is 1. The third-order valence-electron chi connectivity index (χ3n) is 4.44. The highest BCUT2D eigenvalue weighted by atomic mass is 79.9. The molecule has 0 aliphatic heterocycles. The van der Waals surface area contributed by atoms with Crippen molar-refractivity contribution < 1.29 is 24.1 Å². The summed E-state index contributed by atoms with van der Waals surface area (Å²) < 4.78 is 16.2. The van der Waals surface area contributed by atoms with Crippen molar-refractivity contribution in [2.75, 3.05) is 21.0 Å². The number of benzene rings is 2. The number of phenolic OH excluding ortho intramolecular Hbond substituents is 1. The molecule has 0 saturated heterocycles. The Labute approximate surface area is 174 Å². The lowest BCUT2D eigenvalue weighted by molar-refractivity contribution is -0.119. The summed E-state index contributed by atoms with van der Waals surface area (Å²) >= 11 is 3.48. The minimum Gasteiger partial charge on any atom is -0.504 e. The second-order valence-corrected chi connectivity index (χ2v) is 7.42. The Morgan fingerprint density at radius 3 is 2.32 bits per heavy atom. The van der Waals surface area contributed by atoms with Gasteiger partial charge in [-0.25, -0.2) is 0 Å². The van der Waals surface area contributed by atoms with Crippen molar-refractivity contribution >= 4 is 21.7 Å². The molecular weight excluding hydrogens is 424 g/mol. The maximum absolute atomic E-state index is 12.1. The molecule has 152 valence electrons. The summed E-state index contributed by atoms with van der Waals surface area (Å²) in [6, 6.07) is 11.3. The summed E-state index contributed by atoms with van der Waals surface area (Å²) in [5, 5.41) is 9.80. The second kappa shape index (κ2) is 11.7. The summed E-state index contributed by atoms with van der Waals surface area (Å²) in [5.74, 6) is 1.62. The standard InChI is InChI=1S/C22H27BrO5/c1-26-15-28-21-11-8-17(13-19(21)23)7-10-18(24)6-4-3-5-16-9-12-22(27-2)20(25)14-16/h8-9,11-14,25H,3-7,10,15H2,1-2H3. The molecule has 0 bridgehead atoms. The lowest BCUT2D eigenvalue weighted by atomic mass is 10.0. The Hall–Kier alpha value is -2.05. The quantitative estimate of drug-likeness (QED) is 0.361. The normalized spacial score (nSPS) is 10.7. The van der Waals surface area contributed by atoms with E-state index < -0.39 is 0 Å². The molecule has 0 atom stereocenters. The number of methoxy groups -OCH3 is 2. The van der Waals surface area contributed by atoms with Crippen LogP contribution in [0.5, 0.6) is 17.2 Å². The number of carbonyl (C=O) groups excluding carboxylic acids is 1. The van der Waals surface area contributed by atoms with Crippen molar-refractivity contribution in [2.24, 2.45) is 0 Å². The van der Waals surface area contributed by atoms with Crippen LogP contribution >= 0.6 is 15.9 Å². The third-order valence-corrected chi connectivity index (χ3v) is 5.06. The number of unbranched alkanes of at least 4 members (excludes halogenated alkanes) is 1. The smallest absolute Gasteiger partial charge is 0.188 e. The van der Waals surface area contributed by atoms with Crippen molar-refractivity contribution in [3.63, 3.8) is 0 Å². The van der Waals surface area contributed by atoms with Gasteiger partial charge in [0.1, 0.15) is 11.5 Å². The van der Waals surface area contributed by atoms with Gasteiger partial charge in [-0.1, -0.05) is 12.1 Å². The number of phenols is 1. The lowest BCUT2D eigenvalue weighted by Crippen LogP contribution is -2.02. The van der Waals surface area contributed by atoms with Crippen LogP contribution in [-0.4, -0.2) is 31.9 Å². The van der Waals surface area contributed by atoms with Crippen molar-refractivity contribution in [3.05, 3.63) is 52.0 Å². The first kappa shape index (κ1) is 22.2. The highest BCUT2D eigenvalue weighted by molar-refractivity contribution is 9.10. The number of carbonyl (C=O) groups is 1. The van der Waals surface area contributed by atoms with Gasteiger partial charge in [-0.2, -0.15) is 0 Å². The molecule has 2 aromatic carbocycles. The molecule has 0 aliphatic rings. The van der Waals surface area contributed by atoms with E-state index in [2.05, 4.69) is 15.9 Å². The van der Waals surface area contributed by atoms with Gasteiger partial charge in [0.05, 0.1) is 11.6 Å². The third kappa shape index (κ3) is 7.17. The number of hydrogen-bond donors (Lipinski definition) is 1. The number of halogens is 1. The Bertz CT molecular complexity index is 776. The van der Waals surface area contributed by atoms with E-state index in [-0.39, 0.29) is 18.3 Å². The molecule has 6 heteroatoms. The minimum absolute atomic E-state index is 0.154. The zero-order valence-electron chi connectivity index (χ0n) is 16.4. The second-order valence-electron chi connectivity index (χ2n) is 6.57. The van der Waals surface area contributed by atoms with E-state index in [0.29, 0.717) is 25.0 Å². The van der Waals surface area contributed by atoms with Gasteiger partial charge in [0.2, 0.25) is 0 Å². The predicted molar refractivity (Wildman–Crippen MR) is 112 cm³/mol. The lowest BCUT2D eigenvalue weighted by Gasteiger charge is -2.09. The summed E-state index contributed by atoms with van der Waals surface area (Å²) in [6.07, 6.45) is 4.43. The number of rotatable bonds is 12. The summed E-state index contributed by atoms with van der Waals surface area (Å²) in [7, 11) is 3.11. The monoisotopic (exact) mass is 450 g/mol. The largest absolute Gasteiger partial charge is 0.504 e. The van der Waals surface area contributed by atoms with Crippen LogP contribution in [0.1, 0.15) is 36.8 Å². The van der Waals surface area contributed by atoms with Crippen LogP contribution in [0, 0.1) is 0 Å². The Morgan fingerprint density at radius 2 is 1.68 bits per heavy atom. The van der Waals surface area contributed by atoms with E-state index in [1.165, 1.54) is 7.11 Å². The molecule has 2 aromatic rings. The molecule has 0 saturated carbocycles. The van der Waals surface area contributed by atoms with Gasteiger partial charge >= 0.3 is 0 Å². The first-order chi connectivity index (χ1) is 13.5. The van der Waals surface area contributed by atoms with Gasteiger partial charge in [0.15, 0.2) is 18.3 Å². The molecule has 0 amide bonds. The van der Waals surface area contributed by atoms with Crippen LogP contribution in [0.2, 0.25) is 0 Å². The highest BCUT2D eigenvalue weighted by Gasteiger charge is 2.07. The molecule has 0 aromatic heterocycles. The van der Waals surface area contributed by atoms with Crippen molar-refractivity contribution in [1.29, 1.82) is 0 Å². The van der Waals surface area contributed by atoms with Crippen LogP contribution in [0.25, 0.3) is 0 Å². The summed E-state index contributed by atoms with van der Waals surface area (Å²) in [5.41, 5.74) is 2.14. The number of hydrogen-bond acceptors (Lipinski definition) is 5. The van der Waals surface area contributed by atoms with Crippen LogP contribution in [0.4, 0.5) is 0 Å². The Morgan fingerprint density at radius 1 is 0.964 bits per heavy atom. The maximum atomic E-state index is 12.1. The number of Topliss-reactive ketones (excluding diaryl/α,β-unsaturated/α-hetero) is 1. The molecule has 28 heavy (non-hydrogen) atoms. The van der Waals surface area contributed by atoms with Gasteiger partial charge < -0.3 is 19.3 Å². The Balaban J connectivity index is 1.68. The van der Waals surface area contributed by atoms with Crippen LogP contribution in [0.3, 0.4) is 0 Å². The fourth-order valence-electron chi connectivity index (χ4n) is 2.89. The predicted octanol–water partition coefficient (Wildman–Crippen LogP) is 5.06. The molecule has 1 N–H and O–H groups in total.